The molecule has 37 heavy (non-hydrogen) atoms. The molecule has 0 radical (unpaired) electrons. The molecule has 1 amide bonds. The Kier molecular flexibility index (Phi) is 5.89. The highest BCUT2D eigenvalue weighted by Gasteiger charge is 2.44. The van der Waals surface area contributed by atoms with Gasteiger partial charge in [-0.25, -0.2) is 9.97 Å². The van der Waals surface area contributed by atoms with Crippen LogP contribution in [0.15, 0.2) is 55.0 Å². The quantitative estimate of drug-likeness (QED) is 0.436. The summed E-state index contributed by atoms with van der Waals surface area (Å²) in [6, 6.07) is 11.5. The van der Waals surface area contributed by atoms with Crippen molar-refractivity contribution in [2.24, 2.45) is 12.5 Å². The third-order valence-corrected chi connectivity index (χ3v) is 7.92. The molecule has 2 fully saturated rings. The maximum atomic E-state index is 13.1. The predicted octanol–water partition coefficient (Wildman–Crippen LogP) is 3.31. The number of rotatable bonds is 5. The molecule has 2 aliphatic rings. The molecule has 1 spiro atoms. The number of benzene rings is 1. The second kappa shape index (κ2) is 9.24. The summed E-state index contributed by atoms with van der Waals surface area (Å²) >= 11 is 0. The van der Waals surface area contributed by atoms with Gasteiger partial charge >= 0.3 is 0 Å². The zero-order valence-electron chi connectivity index (χ0n) is 21.2. The minimum atomic E-state index is -0.212. The van der Waals surface area contributed by atoms with E-state index in [2.05, 4.69) is 37.2 Å². The van der Waals surface area contributed by atoms with E-state index < -0.39 is 0 Å². The van der Waals surface area contributed by atoms with Crippen LogP contribution in [0.25, 0.3) is 21.9 Å². The molecule has 2 N–H and O–H groups in total. The maximum Gasteiger partial charge on any atom is 0.257 e. The van der Waals surface area contributed by atoms with Crippen molar-refractivity contribution in [2.75, 3.05) is 43.4 Å². The Hall–Kier alpha value is -3.82. The predicted molar refractivity (Wildman–Crippen MR) is 143 cm³/mol. The molecule has 0 aliphatic carbocycles. The summed E-state index contributed by atoms with van der Waals surface area (Å²) in [5.74, 6) is 1.12. The maximum absolute atomic E-state index is 13.1. The number of amides is 1. The number of aryl methyl sites for hydroxylation is 1. The fourth-order valence-corrected chi connectivity index (χ4v) is 5.52. The first-order valence-corrected chi connectivity index (χ1v) is 12.7. The smallest absolute Gasteiger partial charge is 0.257 e. The zero-order chi connectivity index (χ0) is 25.6. The molecule has 0 saturated carbocycles. The number of piperidine rings is 1. The van der Waals surface area contributed by atoms with Gasteiger partial charge in [-0.2, -0.15) is 5.10 Å². The van der Waals surface area contributed by atoms with Gasteiger partial charge in [-0.1, -0.05) is 12.1 Å². The number of aliphatic hydroxyl groups excluding tert-OH is 1. The second-order valence-corrected chi connectivity index (χ2v) is 10.4. The normalized spacial score (nSPS) is 17.2. The molecule has 6 rings (SSSR count). The number of anilines is 2. The van der Waals surface area contributed by atoms with Crippen molar-refractivity contribution >= 4 is 28.3 Å². The van der Waals surface area contributed by atoms with E-state index in [-0.39, 0.29) is 12.5 Å². The van der Waals surface area contributed by atoms with Crippen LogP contribution >= 0.6 is 0 Å². The van der Waals surface area contributed by atoms with E-state index in [1.807, 2.05) is 37.4 Å². The third kappa shape index (κ3) is 4.45. The molecular formula is C28H31N7O2. The summed E-state index contributed by atoms with van der Waals surface area (Å²) in [5, 5.41) is 18.8. The van der Waals surface area contributed by atoms with E-state index in [1.54, 1.807) is 29.3 Å². The monoisotopic (exact) mass is 497 g/mol. The van der Waals surface area contributed by atoms with Crippen LogP contribution < -0.4 is 10.2 Å². The lowest BCUT2D eigenvalue weighted by molar-refractivity contribution is 0.0900. The van der Waals surface area contributed by atoms with Gasteiger partial charge in [0.2, 0.25) is 0 Å². The van der Waals surface area contributed by atoms with E-state index >= 15 is 0 Å². The molecular weight excluding hydrogens is 466 g/mol. The van der Waals surface area contributed by atoms with E-state index in [1.165, 1.54) is 12.8 Å². The van der Waals surface area contributed by atoms with Crippen LogP contribution in [0.3, 0.4) is 0 Å². The van der Waals surface area contributed by atoms with Crippen molar-refractivity contribution in [1.82, 2.24) is 24.6 Å². The number of aromatic nitrogens is 4. The number of hydrogen-bond donors (Lipinski definition) is 2. The fraction of sp³-hybridized carbons (Fsp3) is 0.357. The van der Waals surface area contributed by atoms with Crippen LogP contribution in [-0.4, -0.2) is 68.9 Å². The lowest BCUT2D eigenvalue weighted by Crippen LogP contribution is -2.60. The summed E-state index contributed by atoms with van der Waals surface area (Å²) in [6.45, 7) is 4.21. The molecule has 5 heterocycles. The highest BCUT2D eigenvalue weighted by molar-refractivity contribution is 6.05. The van der Waals surface area contributed by atoms with Crippen LogP contribution in [0.1, 0.15) is 28.9 Å². The van der Waals surface area contributed by atoms with Gasteiger partial charge in [0, 0.05) is 54.5 Å². The first kappa shape index (κ1) is 23.6. The van der Waals surface area contributed by atoms with Crippen molar-refractivity contribution in [3.63, 3.8) is 0 Å². The van der Waals surface area contributed by atoms with Gasteiger partial charge in [0.1, 0.15) is 11.6 Å². The van der Waals surface area contributed by atoms with Crippen molar-refractivity contribution in [3.8, 4) is 11.1 Å². The number of fused-ring (bicyclic) bond motifs is 1. The van der Waals surface area contributed by atoms with E-state index in [0.29, 0.717) is 16.8 Å². The molecule has 190 valence electrons. The molecule has 0 atom stereocenters. The van der Waals surface area contributed by atoms with Gasteiger partial charge in [-0.05, 0) is 68.2 Å². The Morgan fingerprint density at radius 1 is 1.03 bits per heavy atom. The number of nitrogens with zero attached hydrogens (tertiary/aromatic N) is 6. The Balaban J connectivity index is 1.18. The van der Waals surface area contributed by atoms with Crippen molar-refractivity contribution in [2.45, 2.75) is 19.4 Å². The van der Waals surface area contributed by atoms with Crippen molar-refractivity contribution < 1.29 is 9.90 Å². The largest absolute Gasteiger partial charge is 0.390 e. The number of aliphatic hydroxyl groups is 1. The molecule has 1 aromatic carbocycles. The SMILES string of the molecule is CN1CCC2(CC1)CN(c1cc(C(=O)Nc3cc4cc(-c5cnn(C)c5CO)ccc4cn3)ccn1)C2. The van der Waals surface area contributed by atoms with Crippen LogP contribution in [-0.2, 0) is 13.7 Å². The highest BCUT2D eigenvalue weighted by Crippen LogP contribution is 2.42. The minimum Gasteiger partial charge on any atom is -0.390 e. The standard InChI is InChI=1S/C28H31N7O2/c1-33-9-6-28(7-10-33)17-35(18-28)26-13-20(5-8-29-26)27(37)32-25-12-22-11-19(3-4-21(22)14-30-25)23-15-31-34(2)24(23)16-36/h3-5,8,11-15,36H,6-7,9-10,16-18H2,1-2H3,(H,30,32,37). The Labute approximate surface area is 215 Å². The molecule has 9 nitrogen and oxygen atoms in total. The van der Waals surface area contributed by atoms with Gasteiger partial charge in [0.25, 0.3) is 5.91 Å². The molecule has 9 heteroatoms. The van der Waals surface area contributed by atoms with Crippen LogP contribution in [0.4, 0.5) is 11.6 Å². The summed E-state index contributed by atoms with van der Waals surface area (Å²) in [6.07, 6.45) is 7.65. The molecule has 4 aromatic rings. The molecule has 0 unspecified atom stereocenters. The summed E-state index contributed by atoms with van der Waals surface area (Å²) < 4.78 is 1.68. The van der Waals surface area contributed by atoms with E-state index in [0.717, 1.165) is 59.6 Å². The third-order valence-electron chi connectivity index (χ3n) is 7.92. The molecule has 3 aromatic heterocycles. The lowest BCUT2D eigenvalue weighted by atomic mass is 9.72. The average molecular weight is 498 g/mol. The topological polar surface area (TPSA) is 99.4 Å². The number of hydrogen-bond acceptors (Lipinski definition) is 7. The minimum absolute atomic E-state index is 0.0921. The van der Waals surface area contributed by atoms with Gasteiger partial charge in [-0.3, -0.25) is 9.48 Å². The van der Waals surface area contributed by atoms with E-state index in [4.69, 9.17) is 0 Å². The van der Waals surface area contributed by atoms with Gasteiger partial charge < -0.3 is 20.2 Å². The summed E-state index contributed by atoms with van der Waals surface area (Å²) in [7, 11) is 4.00. The molecule has 0 bridgehead atoms. The van der Waals surface area contributed by atoms with Gasteiger partial charge in [0.15, 0.2) is 0 Å². The number of likely N-dealkylation sites (tertiary alicyclic amines) is 1. The lowest BCUT2D eigenvalue weighted by Gasteiger charge is -2.54. The van der Waals surface area contributed by atoms with Crippen molar-refractivity contribution in [1.29, 1.82) is 0 Å². The summed E-state index contributed by atoms with van der Waals surface area (Å²) in [5.41, 5.74) is 3.54. The van der Waals surface area contributed by atoms with Crippen LogP contribution in [0.5, 0.6) is 0 Å². The van der Waals surface area contributed by atoms with Crippen molar-refractivity contribution in [3.05, 3.63) is 66.2 Å². The molecule has 2 saturated heterocycles. The Bertz CT molecular complexity index is 1460. The second-order valence-electron chi connectivity index (χ2n) is 10.4. The number of carbonyl (C=O) groups excluding carboxylic acids is 1. The number of pyridine rings is 2. The zero-order valence-corrected chi connectivity index (χ0v) is 21.2. The summed E-state index contributed by atoms with van der Waals surface area (Å²) in [4.78, 5) is 26.7. The van der Waals surface area contributed by atoms with Crippen LogP contribution in [0.2, 0.25) is 0 Å². The first-order chi connectivity index (χ1) is 17.9. The van der Waals surface area contributed by atoms with Gasteiger partial charge in [0.05, 0.1) is 18.5 Å². The number of nitrogens with one attached hydrogen (secondary N) is 1. The van der Waals surface area contributed by atoms with Gasteiger partial charge in [-0.15, -0.1) is 0 Å². The van der Waals surface area contributed by atoms with E-state index in [9.17, 15) is 9.90 Å². The Morgan fingerprint density at radius 2 is 1.84 bits per heavy atom. The number of carbonyl (C=O) groups is 1. The average Bonchev–Trinajstić information content (AvgIpc) is 3.28. The van der Waals surface area contributed by atoms with Crippen LogP contribution in [0, 0.1) is 5.41 Å². The molecule has 2 aliphatic heterocycles. The highest BCUT2D eigenvalue weighted by atomic mass is 16.3. The Morgan fingerprint density at radius 3 is 2.62 bits per heavy atom. The first-order valence-electron chi connectivity index (χ1n) is 12.7. The fourth-order valence-electron chi connectivity index (χ4n) is 5.52.